The zero-order valence-corrected chi connectivity index (χ0v) is 17.2. The number of rotatable bonds is 6. The zero-order chi connectivity index (χ0) is 19.8. The van der Waals surface area contributed by atoms with Crippen LogP contribution in [0, 0.1) is 0 Å². The molecule has 1 aromatic carbocycles. The molecule has 0 aliphatic carbocycles. The zero-order valence-electron chi connectivity index (χ0n) is 17.2. The molecular formula is C20H33N5O2. The predicted molar refractivity (Wildman–Crippen MR) is 111 cm³/mol. The van der Waals surface area contributed by atoms with Crippen molar-refractivity contribution in [2.75, 3.05) is 58.8 Å². The molecular weight excluding hydrogens is 342 g/mol. The van der Waals surface area contributed by atoms with Gasteiger partial charge in [0.15, 0.2) is 5.96 Å². The molecule has 1 heterocycles. The number of hydrogen-bond acceptors (Lipinski definition) is 4. The number of aliphatic imine (C=N–C) groups is 1. The number of benzene rings is 1. The molecule has 1 saturated heterocycles. The van der Waals surface area contributed by atoms with Crippen molar-refractivity contribution in [3.05, 3.63) is 24.3 Å². The fourth-order valence-corrected chi connectivity index (χ4v) is 2.81. The number of likely N-dealkylation sites (N-methyl/N-ethyl adjacent to an activating group) is 1. The molecule has 0 aromatic heterocycles. The van der Waals surface area contributed by atoms with Gasteiger partial charge < -0.3 is 24.8 Å². The number of piperazine rings is 1. The number of nitrogens with zero attached hydrogens (tertiary/aromatic N) is 4. The summed E-state index contributed by atoms with van der Waals surface area (Å²) >= 11 is 0. The van der Waals surface area contributed by atoms with Crippen LogP contribution < -0.4 is 15.0 Å². The Balaban J connectivity index is 2.00. The number of amides is 1. The van der Waals surface area contributed by atoms with Crippen molar-refractivity contribution in [2.24, 2.45) is 4.99 Å². The van der Waals surface area contributed by atoms with Gasteiger partial charge in [0.2, 0.25) is 5.91 Å². The molecule has 7 nitrogen and oxygen atoms in total. The second kappa shape index (κ2) is 10.0. The summed E-state index contributed by atoms with van der Waals surface area (Å²) in [7, 11) is 5.19. The first kappa shape index (κ1) is 20.9. The van der Waals surface area contributed by atoms with Crippen molar-refractivity contribution in [2.45, 2.75) is 26.3 Å². The van der Waals surface area contributed by atoms with Crippen molar-refractivity contribution in [3.63, 3.8) is 0 Å². The Kier molecular flexibility index (Phi) is 7.76. The number of methoxy groups -OCH3 is 1. The molecule has 1 unspecified atom stereocenters. The SMILES string of the molecule is CCC(C)NC(=NCC(=O)N(C)C)N1CCN(c2ccc(OC)cc2)CC1. The number of hydrogen-bond donors (Lipinski definition) is 1. The Labute approximate surface area is 163 Å². The Morgan fingerprint density at radius 3 is 2.37 bits per heavy atom. The molecule has 27 heavy (non-hydrogen) atoms. The lowest BCUT2D eigenvalue weighted by molar-refractivity contribution is -0.127. The fraction of sp³-hybridized carbons (Fsp3) is 0.600. The third-order valence-corrected chi connectivity index (χ3v) is 4.87. The average Bonchev–Trinajstić information content (AvgIpc) is 2.70. The Morgan fingerprint density at radius 2 is 1.85 bits per heavy atom. The second-order valence-electron chi connectivity index (χ2n) is 7.05. The highest BCUT2D eigenvalue weighted by Gasteiger charge is 2.21. The third kappa shape index (κ3) is 6.05. The van der Waals surface area contributed by atoms with Crippen LogP contribution in [0.3, 0.4) is 0 Å². The van der Waals surface area contributed by atoms with Gasteiger partial charge in [-0.1, -0.05) is 6.92 Å². The van der Waals surface area contributed by atoms with Gasteiger partial charge >= 0.3 is 0 Å². The minimum atomic E-state index is 0.00956. The van der Waals surface area contributed by atoms with Crippen LogP contribution in [0.15, 0.2) is 29.3 Å². The molecule has 0 saturated carbocycles. The normalized spacial score (nSPS) is 16.1. The Morgan fingerprint density at radius 1 is 1.22 bits per heavy atom. The van der Waals surface area contributed by atoms with Crippen LogP contribution in [-0.2, 0) is 4.79 Å². The minimum Gasteiger partial charge on any atom is -0.497 e. The molecule has 1 aliphatic heterocycles. The molecule has 1 atom stereocenters. The standard InChI is InChI=1S/C20H33N5O2/c1-6-16(2)22-20(21-15-19(26)23(3)4)25-13-11-24(12-14-25)17-7-9-18(27-5)10-8-17/h7-10,16H,6,11-15H2,1-5H3,(H,21,22). The summed E-state index contributed by atoms with van der Waals surface area (Å²) < 4.78 is 5.23. The summed E-state index contributed by atoms with van der Waals surface area (Å²) in [5.74, 6) is 1.71. The second-order valence-corrected chi connectivity index (χ2v) is 7.05. The van der Waals surface area contributed by atoms with Crippen molar-refractivity contribution in [1.29, 1.82) is 0 Å². The van der Waals surface area contributed by atoms with Crippen LogP contribution >= 0.6 is 0 Å². The first-order chi connectivity index (χ1) is 12.9. The number of anilines is 1. The summed E-state index contributed by atoms with van der Waals surface area (Å²) in [5, 5.41) is 3.47. The highest BCUT2D eigenvalue weighted by Crippen LogP contribution is 2.20. The quantitative estimate of drug-likeness (QED) is 0.605. The van der Waals surface area contributed by atoms with Gasteiger partial charge in [0.1, 0.15) is 12.3 Å². The van der Waals surface area contributed by atoms with Crippen LogP contribution in [0.2, 0.25) is 0 Å². The van der Waals surface area contributed by atoms with Gasteiger partial charge in [0, 0.05) is 52.0 Å². The van der Waals surface area contributed by atoms with Crippen LogP contribution in [0.25, 0.3) is 0 Å². The number of nitrogens with one attached hydrogen (secondary N) is 1. The highest BCUT2D eigenvalue weighted by atomic mass is 16.5. The molecule has 0 bridgehead atoms. The first-order valence-corrected chi connectivity index (χ1v) is 9.59. The molecule has 7 heteroatoms. The van der Waals surface area contributed by atoms with E-state index in [-0.39, 0.29) is 12.5 Å². The van der Waals surface area contributed by atoms with Crippen molar-refractivity contribution >= 4 is 17.6 Å². The number of carbonyl (C=O) groups is 1. The van der Waals surface area contributed by atoms with Crippen LogP contribution in [0.4, 0.5) is 5.69 Å². The smallest absolute Gasteiger partial charge is 0.243 e. The fourth-order valence-electron chi connectivity index (χ4n) is 2.81. The maximum atomic E-state index is 11.9. The molecule has 150 valence electrons. The van der Waals surface area contributed by atoms with E-state index in [0.29, 0.717) is 6.04 Å². The molecule has 2 rings (SSSR count). The highest BCUT2D eigenvalue weighted by molar-refractivity contribution is 5.85. The minimum absolute atomic E-state index is 0.00956. The van der Waals surface area contributed by atoms with Gasteiger partial charge in [0.05, 0.1) is 7.11 Å². The van der Waals surface area contributed by atoms with E-state index in [2.05, 4.69) is 46.1 Å². The van der Waals surface area contributed by atoms with Crippen molar-refractivity contribution < 1.29 is 9.53 Å². The van der Waals surface area contributed by atoms with Gasteiger partial charge in [-0.2, -0.15) is 0 Å². The molecule has 1 N–H and O–H groups in total. The van der Waals surface area contributed by atoms with E-state index in [9.17, 15) is 4.79 Å². The molecule has 0 spiro atoms. The molecule has 1 aliphatic rings. The van der Waals surface area contributed by atoms with E-state index in [1.54, 1.807) is 26.1 Å². The van der Waals surface area contributed by atoms with Crippen molar-refractivity contribution in [3.8, 4) is 5.75 Å². The lowest BCUT2D eigenvalue weighted by Gasteiger charge is -2.38. The number of ether oxygens (including phenoxy) is 1. The van der Waals surface area contributed by atoms with E-state index in [1.807, 2.05) is 12.1 Å². The molecule has 1 fully saturated rings. The predicted octanol–water partition coefficient (Wildman–Crippen LogP) is 1.65. The van der Waals surface area contributed by atoms with E-state index in [0.717, 1.165) is 44.3 Å². The van der Waals surface area contributed by atoms with Gasteiger partial charge in [0.25, 0.3) is 0 Å². The van der Waals surface area contributed by atoms with Gasteiger partial charge in [-0.25, -0.2) is 4.99 Å². The van der Waals surface area contributed by atoms with E-state index in [4.69, 9.17) is 4.74 Å². The summed E-state index contributed by atoms with van der Waals surface area (Å²) in [6, 6.07) is 8.49. The van der Waals surface area contributed by atoms with Crippen LogP contribution in [-0.4, -0.2) is 81.6 Å². The summed E-state index contributed by atoms with van der Waals surface area (Å²) in [5.41, 5.74) is 1.20. The van der Waals surface area contributed by atoms with Gasteiger partial charge in [-0.15, -0.1) is 0 Å². The van der Waals surface area contributed by atoms with Crippen LogP contribution in [0.5, 0.6) is 5.75 Å². The van der Waals surface area contributed by atoms with Crippen molar-refractivity contribution in [1.82, 2.24) is 15.1 Å². The first-order valence-electron chi connectivity index (χ1n) is 9.59. The number of guanidine groups is 1. The lowest BCUT2D eigenvalue weighted by Crippen LogP contribution is -2.54. The lowest BCUT2D eigenvalue weighted by atomic mass is 10.2. The summed E-state index contributed by atoms with van der Waals surface area (Å²) in [6.45, 7) is 8.00. The van der Waals surface area contributed by atoms with E-state index in [1.165, 1.54) is 5.69 Å². The van der Waals surface area contributed by atoms with E-state index >= 15 is 0 Å². The molecule has 1 amide bonds. The topological polar surface area (TPSA) is 60.4 Å². The van der Waals surface area contributed by atoms with Gasteiger partial charge in [-0.3, -0.25) is 4.79 Å². The summed E-state index contributed by atoms with van der Waals surface area (Å²) in [4.78, 5) is 22.7. The summed E-state index contributed by atoms with van der Waals surface area (Å²) in [6.07, 6.45) is 1.01. The van der Waals surface area contributed by atoms with Gasteiger partial charge in [-0.05, 0) is 37.6 Å². The maximum Gasteiger partial charge on any atom is 0.243 e. The monoisotopic (exact) mass is 375 g/mol. The van der Waals surface area contributed by atoms with E-state index < -0.39 is 0 Å². The molecule has 0 radical (unpaired) electrons. The van der Waals surface area contributed by atoms with Crippen LogP contribution in [0.1, 0.15) is 20.3 Å². The molecule has 1 aromatic rings. The third-order valence-electron chi connectivity index (χ3n) is 4.87. The largest absolute Gasteiger partial charge is 0.497 e. The average molecular weight is 376 g/mol. The Bertz CT molecular complexity index is 622. The maximum absolute atomic E-state index is 11.9. The Hall–Kier alpha value is -2.44. The number of carbonyl (C=O) groups excluding carboxylic acids is 1.